The summed E-state index contributed by atoms with van der Waals surface area (Å²) in [5.41, 5.74) is 2.83. The van der Waals surface area contributed by atoms with Crippen LogP contribution in [0.25, 0.3) is 10.4 Å². The number of benzene rings is 2. The van der Waals surface area contributed by atoms with Crippen LogP contribution in [0.15, 0.2) is 60.7 Å². The number of hydrogen-bond donors (Lipinski definition) is 0. The van der Waals surface area contributed by atoms with Crippen molar-refractivity contribution < 1.29 is 13.6 Å². The molecule has 0 fully saturated rings. The fraction of sp³-hybridized carbons (Fsp3) is 0.0556. The van der Waals surface area contributed by atoms with Gasteiger partial charge in [-0.05, 0) is 30.7 Å². The first-order valence-corrected chi connectivity index (χ1v) is 9.05. The predicted octanol–water partition coefficient (Wildman–Crippen LogP) is 4.47. The molecule has 6 heteroatoms. The number of aldehydes is 1. The van der Waals surface area contributed by atoms with Crippen LogP contribution in [0.5, 0.6) is 0 Å². The van der Waals surface area contributed by atoms with Crippen molar-refractivity contribution in [1.29, 1.82) is 0 Å². The molecule has 0 aliphatic rings. The maximum atomic E-state index is 11.8. The van der Waals surface area contributed by atoms with E-state index in [2.05, 4.69) is 0 Å². The topological polar surface area (TPSA) is 60.4 Å². The van der Waals surface area contributed by atoms with Gasteiger partial charge >= 0.3 is 0 Å². The van der Waals surface area contributed by atoms with Gasteiger partial charge in [-0.2, -0.15) is 0 Å². The standard InChI is InChI=1S/C18H15NO3S2/c1-13-7-9-15(10-8-13)19(24(21)22)16-11-17(23-18(16)12-20)14-5-3-2-4-6-14/h2-12H,1H3,(H,21,22)/p-1. The third-order valence-electron chi connectivity index (χ3n) is 3.54. The molecule has 24 heavy (non-hydrogen) atoms. The monoisotopic (exact) mass is 356 g/mol. The van der Waals surface area contributed by atoms with Crippen molar-refractivity contribution in [1.82, 2.24) is 0 Å². The number of aryl methyl sites for hydroxylation is 1. The van der Waals surface area contributed by atoms with Crippen molar-refractivity contribution in [3.63, 3.8) is 0 Å². The van der Waals surface area contributed by atoms with Crippen LogP contribution in [0.3, 0.4) is 0 Å². The minimum Gasteiger partial charge on any atom is -0.755 e. The molecule has 2 aromatic carbocycles. The summed E-state index contributed by atoms with van der Waals surface area (Å²) in [5, 5.41) is 0. The van der Waals surface area contributed by atoms with Crippen LogP contribution in [0.2, 0.25) is 0 Å². The first-order valence-electron chi connectivity index (χ1n) is 7.21. The van der Waals surface area contributed by atoms with Crippen LogP contribution in [0.1, 0.15) is 15.2 Å². The lowest BCUT2D eigenvalue weighted by atomic mass is 10.2. The van der Waals surface area contributed by atoms with E-state index in [-0.39, 0.29) is 0 Å². The van der Waals surface area contributed by atoms with Gasteiger partial charge in [0.2, 0.25) is 0 Å². The molecule has 1 unspecified atom stereocenters. The second-order valence-electron chi connectivity index (χ2n) is 5.19. The summed E-state index contributed by atoms with van der Waals surface area (Å²) in [5.74, 6) is 0. The highest BCUT2D eigenvalue weighted by Gasteiger charge is 2.18. The van der Waals surface area contributed by atoms with Crippen LogP contribution < -0.4 is 4.31 Å². The molecule has 122 valence electrons. The van der Waals surface area contributed by atoms with Crippen molar-refractivity contribution in [3.05, 3.63) is 71.1 Å². The molecule has 3 aromatic rings. The van der Waals surface area contributed by atoms with Crippen LogP contribution in [-0.4, -0.2) is 15.0 Å². The lowest BCUT2D eigenvalue weighted by Crippen LogP contribution is -2.19. The normalized spacial score (nSPS) is 11.9. The van der Waals surface area contributed by atoms with Gasteiger partial charge in [-0.15, -0.1) is 11.3 Å². The maximum absolute atomic E-state index is 11.8. The molecule has 1 atom stereocenters. The molecule has 0 saturated heterocycles. The molecule has 4 nitrogen and oxygen atoms in total. The van der Waals surface area contributed by atoms with Gasteiger partial charge in [-0.1, -0.05) is 48.0 Å². The zero-order chi connectivity index (χ0) is 17.1. The van der Waals surface area contributed by atoms with Crippen molar-refractivity contribution >= 4 is 40.3 Å². The summed E-state index contributed by atoms with van der Waals surface area (Å²) in [6.45, 7) is 1.93. The highest BCUT2D eigenvalue weighted by Crippen LogP contribution is 2.39. The van der Waals surface area contributed by atoms with Gasteiger partial charge in [-0.25, -0.2) is 0 Å². The Morgan fingerprint density at radius 1 is 1.08 bits per heavy atom. The van der Waals surface area contributed by atoms with Crippen molar-refractivity contribution in [2.45, 2.75) is 6.92 Å². The first-order chi connectivity index (χ1) is 11.6. The third-order valence-corrected chi connectivity index (χ3v) is 5.35. The quantitative estimate of drug-likeness (QED) is 0.501. The van der Waals surface area contributed by atoms with E-state index in [1.54, 1.807) is 18.2 Å². The molecule has 0 amide bonds. The van der Waals surface area contributed by atoms with E-state index in [9.17, 15) is 13.6 Å². The number of nitrogens with zero attached hydrogens (tertiary/aromatic N) is 1. The van der Waals surface area contributed by atoms with Crippen molar-refractivity contribution in [2.24, 2.45) is 0 Å². The molecular formula is C18H14NO3S2-. The predicted molar refractivity (Wildman–Crippen MR) is 97.4 cm³/mol. The van der Waals surface area contributed by atoms with E-state index in [4.69, 9.17) is 0 Å². The molecule has 0 aliphatic heterocycles. The molecule has 0 radical (unpaired) electrons. The second-order valence-corrected chi connectivity index (χ2v) is 7.07. The van der Waals surface area contributed by atoms with Crippen molar-refractivity contribution in [2.75, 3.05) is 4.31 Å². The highest BCUT2D eigenvalue weighted by molar-refractivity contribution is 7.81. The summed E-state index contributed by atoms with van der Waals surface area (Å²) in [6.07, 6.45) is 0.695. The Hall–Kier alpha value is -2.28. The van der Waals surface area contributed by atoms with Gasteiger partial charge < -0.3 is 4.55 Å². The smallest absolute Gasteiger partial charge is 0.162 e. The summed E-state index contributed by atoms with van der Waals surface area (Å²) in [6, 6.07) is 18.4. The van der Waals surface area contributed by atoms with Crippen molar-refractivity contribution in [3.8, 4) is 10.4 Å². The summed E-state index contributed by atoms with van der Waals surface area (Å²) in [4.78, 5) is 12.7. The van der Waals surface area contributed by atoms with Gasteiger partial charge in [0.25, 0.3) is 0 Å². The minimum atomic E-state index is -2.54. The number of carbonyl (C=O) groups is 1. The number of anilines is 2. The number of hydrogen-bond acceptors (Lipinski definition) is 4. The maximum Gasteiger partial charge on any atom is 0.162 e. The minimum absolute atomic E-state index is 0.367. The largest absolute Gasteiger partial charge is 0.755 e. The Morgan fingerprint density at radius 2 is 1.75 bits per heavy atom. The molecule has 0 N–H and O–H groups in total. The van der Waals surface area contributed by atoms with E-state index in [0.29, 0.717) is 22.5 Å². The molecule has 0 bridgehead atoms. The molecule has 0 aliphatic carbocycles. The van der Waals surface area contributed by atoms with Gasteiger partial charge in [0.05, 0.1) is 27.5 Å². The average Bonchev–Trinajstić information content (AvgIpc) is 3.01. The first kappa shape index (κ1) is 16.6. The Labute approximate surface area is 146 Å². The van der Waals surface area contributed by atoms with Crippen LogP contribution in [0.4, 0.5) is 11.4 Å². The van der Waals surface area contributed by atoms with E-state index in [0.717, 1.165) is 20.3 Å². The number of carbonyl (C=O) groups excluding carboxylic acids is 1. The SMILES string of the molecule is Cc1ccc(N(c2cc(-c3ccccc3)sc2C=O)S(=O)[O-])cc1. The third kappa shape index (κ3) is 3.31. The highest BCUT2D eigenvalue weighted by atomic mass is 32.2. The number of rotatable bonds is 5. The summed E-state index contributed by atoms with van der Waals surface area (Å²) in [7, 11) is 0. The van der Waals surface area contributed by atoms with E-state index < -0.39 is 11.3 Å². The molecular weight excluding hydrogens is 342 g/mol. The van der Waals surface area contributed by atoms with E-state index >= 15 is 0 Å². The van der Waals surface area contributed by atoms with Gasteiger partial charge in [0.1, 0.15) is 0 Å². The van der Waals surface area contributed by atoms with E-state index in [1.807, 2.05) is 49.4 Å². The fourth-order valence-electron chi connectivity index (χ4n) is 2.37. The molecule has 1 heterocycles. The Kier molecular flexibility index (Phi) is 4.89. The fourth-order valence-corrected chi connectivity index (χ4v) is 4.00. The average molecular weight is 356 g/mol. The van der Waals surface area contributed by atoms with Crippen LogP contribution in [0, 0.1) is 6.92 Å². The Bertz CT molecular complexity index is 873. The Balaban J connectivity index is 2.11. The van der Waals surface area contributed by atoms with Crippen LogP contribution in [-0.2, 0) is 11.3 Å². The van der Waals surface area contributed by atoms with Crippen LogP contribution >= 0.6 is 11.3 Å². The summed E-state index contributed by atoms with van der Waals surface area (Å²) < 4.78 is 24.8. The molecule has 3 rings (SSSR count). The molecule has 0 saturated carbocycles. The van der Waals surface area contributed by atoms with Gasteiger partial charge in [-0.3, -0.25) is 13.3 Å². The molecule has 1 aromatic heterocycles. The zero-order valence-electron chi connectivity index (χ0n) is 12.8. The van der Waals surface area contributed by atoms with Gasteiger partial charge in [0.15, 0.2) is 6.29 Å². The second kappa shape index (κ2) is 7.09. The number of thiophene rings is 1. The lowest BCUT2D eigenvalue weighted by molar-refractivity contribution is 0.112. The van der Waals surface area contributed by atoms with Gasteiger partial charge in [0, 0.05) is 4.88 Å². The Morgan fingerprint density at radius 3 is 2.33 bits per heavy atom. The lowest BCUT2D eigenvalue weighted by Gasteiger charge is -2.26. The van der Waals surface area contributed by atoms with E-state index in [1.165, 1.54) is 11.3 Å². The molecule has 0 spiro atoms. The zero-order valence-corrected chi connectivity index (χ0v) is 14.5. The summed E-state index contributed by atoms with van der Waals surface area (Å²) >= 11 is -1.26.